The predicted octanol–water partition coefficient (Wildman–Crippen LogP) is 2.59. The first-order valence-corrected chi connectivity index (χ1v) is 7.45. The first kappa shape index (κ1) is 15.5. The van der Waals surface area contributed by atoms with Gasteiger partial charge in [0.15, 0.2) is 0 Å². The van der Waals surface area contributed by atoms with Crippen molar-refractivity contribution in [3.8, 4) is 0 Å². The SMILES string of the molecule is O=C(NCc1ncc[nH]1)c1ccc(C(=O)Nc2ccccc2)cc1. The van der Waals surface area contributed by atoms with Crippen LogP contribution in [0.2, 0.25) is 0 Å². The van der Waals surface area contributed by atoms with Crippen molar-refractivity contribution in [1.82, 2.24) is 15.3 Å². The van der Waals surface area contributed by atoms with E-state index in [0.29, 0.717) is 23.5 Å². The maximum absolute atomic E-state index is 12.2. The molecule has 120 valence electrons. The summed E-state index contributed by atoms with van der Waals surface area (Å²) in [6, 6.07) is 15.7. The normalized spacial score (nSPS) is 10.2. The third kappa shape index (κ3) is 3.86. The summed E-state index contributed by atoms with van der Waals surface area (Å²) in [5, 5.41) is 5.56. The number of rotatable bonds is 5. The molecule has 2 aromatic carbocycles. The van der Waals surface area contributed by atoms with Gasteiger partial charge in [-0.25, -0.2) is 4.98 Å². The molecule has 6 nitrogen and oxygen atoms in total. The zero-order valence-corrected chi connectivity index (χ0v) is 12.8. The van der Waals surface area contributed by atoms with Crippen molar-refractivity contribution in [2.75, 3.05) is 5.32 Å². The highest BCUT2D eigenvalue weighted by Gasteiger charge is 2.09. The lowest BCUT2D eigenvalue weighted by Crippen LogP contribution is -2.23. The molecule has 24 heavy (non-hydrogen) atoms. The van der Waals surface area contributed by atoms with Crippen LogP contribution in [0.15, 0.2) is 67.0 Å². The van der Waals surface area contributed by atoms with E-state index >= 15 is 0 Å². The van der Waals surface area contributed by atoms with Gasteiger partial charge in [-0.3, -0.25) is 9.59 Å². The van der Waals surface area contributed by atoms with Gasteiger partial charge in [0.05, 0.1) is 6.54 Å². The molecule has 0 fully saturated rings. The number of benzene rings is 2. The summed E-state index contributed by atoms with van der Waals surface area (Å²) in [6.07, 6.45) is 3.32. The molecule has 0 bridgehead atoms. The lowest BCUT2D eigenvalue weighted by Gasteiger charge is -2.06. The van der Waals surface area contributed by atoms with Crippen molar-refractivity contribution < 1.29 is 9.59 Å². The first-order valence-electron chi connectivity index (χ1n) is 7.45. The Labute approximate surface area is 138 Å². The van der Waals surface area contributed by atoms with Gasteiger partial charge in [0.2, 0.25) is 0 Å². The Morgan fingerprint density at radius 2 is 1.58 bits per heavy atom. The van der Waals surface area contributed by atoms with Crippen molar-refractivity contribution in [3.63, 3.8) is 0 Å². The quantitative estimate of drug-likeness (QED) is 0.675. The van der Waals surface area contributed by atoms with E-state index in [1.165, 1.54) is 0 Å². The van der Waals surface area contributed by atoms with Gasteiger partial charge in [-0.1, -0.05) is 18.2 Å². The molecule has 0 aliphatic carbocycles. The topological polar surface area (TPSA) is 86.9 Å². The number of nitrogens with one attached hydrogen (secondary N) is 3. The number of aromatic nitrogens is 2. The van der Waals surface area contributed by atoms with Crippen LogP contribution in [0.3, 0.4) is 0 Å². The monoisotopic (exact) mass is 320 g/mol. The molecule has 1 aromatic heterocycles. The van der Waals surface area contributed by atoms with Crippen molar-refractivity contribution in [2.45, 2.75) is 6.54 Å². The summed E-state index contributed by atoms with van der Waals surface area (Å²) >= 11 is 0. The molecule has 0 saturated carbocycles. The Morgan fingerprint density at radius 1 is 0.917 bits per heavy atom. The van der Waals surface area contributed by atoms with Crippen LogP contribution in [0.25, 0.3) is 0 Å². The second-order valence-corrected chi connectivity index (χ2v) is 5.12. The van der Waals surface area contributed by atoms with Crippen molar-refractivity contribution >= 4 is 17.5 Å². The Morgan fingerprint density at radius 3 is 2.21 bits per heavy atom. The van der Waals surface area contributed by atoms with Gasteiger partial charge in [-0.2, -0.15) is 0 Å². The van der Waals surface area contributed by atoms with Crippen LogP contribution < -0.4 is 10.6 Å². The number of para-hydroxylation sites is 1. The molecular weight excluding hydrogens is 304 g/mol. The number of nitrogens with zero attached hydrogens (tertiary/aromatic N) is 1. The first-order chi connectivity index (χ1) is 11.7. The molecule has 2 amide bonds. The fourth-order valence-electron chi connectivity index (χ4n) is 2.16. The minimum atomic E-state index is -0.221. The summed E-state index contributed by atoms with van der Waals surface area (Å²) in [6.45, 7) is 0.322. The van der Waals surface area contributed by atoms with Gasteiger partial charge < -0.3 is 15.6 Å². The van der Waals surface area contributed by atoms with Crippen LogP contribution in [-0.2, 0) is 6.54 Å². The Kier molecular flexibility index (Phi) is 4.67. The standard InChI is InChI=1S/C18H16N4O2/c23-17(21-12-16-19-10-11-20-16)13-6-8-14(9-7-13)18(24)22-15-4-2-1-3-5-15/h1-11H,12H2,(H,19,20)(H,21,23)(H,22,24). The molecule has 0 aliphatic heterocycles. The molecule has 1 heterocycles. The third-order valence-electron chi connectivity index (χ3n) is 3.41. The number of hydrogen-bond donors (Lipinski definition) is 3. The summed E-state index contributed by atoms with van der Waals surface area (Å²) in [4.78, 5) is 31.2. The van der Waals surface area contributed by atoms with E-state index in [1.54, 1.807) is 36.7 Å². The molecule has 3 aromatic rings. The van der Waals surface area contributed by atoms with Gasteiger partial charge in [0.25, 0.3) is 11.8 Å². The number of aromatic amines is 1. The molecule has 3 N–H and O–H groups in total. The van der Waals surface area contributed by atoms with Gasteiger partial charge in [0, 0.05) is 29.2 Å². The Hall–Kier alpha value is -3.41. The van der Waals surface area contributed by atoms with Crippen LogP contribution in [-0.4, -0.2) is 21.8 Å². The Bertz CT molecular complexity index is 812. The highest BCUT2D eigenvalue weighted by Crippen LogP contribution is 2.10. The number of amides is 2. The van der Waals surface area contributed by atoms with Gasteiger partial charge in [0.1, 0.15) is 5.82 Å². The third-order valence-corrected chi connectivity index (χ3v) is 3.41. The largest absolute Gasteiger partial charge is 0.347 e. The maximum Gasteiger partial charge on any atom is 0.255 e. The van der Waals surface area contributed by atoms with Crippen LogP contribution in [0, 0.1) is 0 Å². The second-order valence-electron chi connectivity index (χ2n) is 5.12. The van der Waals surface area contributed by atoms with Gasteiger partial charge in [-0.05, 0) is 36.4 Å². The molecule has 0 unspecified atom stereocenters. The smallest absolute Gasteiger partial charge is 0.255 e. The van der Waals surface area contributed by atoms with Gasteiger partial charge >= 0.3 is 0 Å². The van der Waals surface area contributed by atoms with Crippen LogP contribution >= 0.6 is 0 Å². The van der Waals surface area contributed by atoms with Gasteiger partial charge in [-0.15, -0.1) is 0 Å². The second kappa shape index (κ2) is 7.23. The molecular formula is C18H16N4O2. The van der Waals surface area contributed by atoms with Crippen LogP contribution in [0.5, 0.6) is 0 Å². The number of H-pyrrole nitrogens is 1. The lowest BCUT2D eigenvalue weighted by molar-refractivity contribution is 0.0948. The van der Waals surface area contributed by atoms with Crippen molar-refractivity contribution in [2.24, 2.45) is 0 Å². The summed E-state index contributed by atoms with van der Waals surface area (Å²) in [5.74, 6) is 0.243. The number of carbonyl (C=O) groups excluding carboxylic acids is 2. The highest BCUT2D eigenvalue weighted by atomic mass is 16.2. The molecule has 0 spiro atoms. The van der Waals surface area contributed by atoms with Crippen molar-refractivity contribution in [3.05, 3.63) is 83.9 Å². The molecule has 0 atom stereocenters. The van der Waals surface area contributed by atoms with Crippen molar-refractivity contribution in [1.29, 1.82) is 0 Å². The number of carbonyl (C=O) groups is 2. The predicted molar refractivity (Wildman–Crippen MR) is 90.6 cm³/mol. The molecule has 0 aliphatic rings. The maximum atomic E-state index is 12.2. The highest BCUT2D eigenvalue weighted by molar-refractivity contribution is 6.05. The molecule has 0 saturated heterocycles. The van der Waals surface area contributed by atoms with E-state index in [2.05, 4.69) is 20.6 Å². The molecule has 3 rings (SSSR count). The van der Waals surface area contributed by atoms with Crippen LogP contribution in [0.4, 0.5) is 5.69 Å². The lowest BCUT2D eigenvalue weighted by atomic mass is 10.1. The van der Waals surface area contributed by atoms with E-state index in [1.807, 2.05) is 30.3 Å². The average molecular weight is 320 g/mol. The average Bonchev–Trinajstić information content (AvgIpc) is 3.14. The summed E-state index contributed by atoms with van der Waals surface area (Å²) in [5.41, 5.74) is 1.70. The number of anilines is 1. The van der Waals surface area contributed by atoms with E-state index in [4.69, 9.17) is 0 Å². The summed E-state index contributed by atoms with van der Waals surface area (Å²) in [7, 11) is 0. The fraction of sp³-hybridized carbons (Fsp3) is 0.0556. The minimum Gasteiger partial charge on any atom is -0.347 e. The van der Waals surface area contributed by atoms with E-state index in [0.717, 1.165) is 5.69 Å². The zero-order chi connectivity index (χ0) is 16.8. The van der Waals surface area contributed by atoms with E-state index < -0.39 is 0 Å². The Balaban J connectivity index is 1.60. The summed E-state index contributed by atoms with van der Waals surface area (Å²) < 4.78 is 0. The number of imidazole rings is 1. The van der Waals surface area contributed by atoms with E-state index in [-0.39, 0.29) is 11.8 Å². The minimum absolute atomic E-state index is 0.219. The fourth-order valence-corrected chi connectivity index (χ4v) is 2.16. The molecule has 6 heteroatoms. The van der Waals surface area contributed by atoms with E-state index in [9.17, 15) is 9.59 Å². The van der Waals surface area contributed by atoms with Crippen LogP contribution in [0.1, 0.15) is 26.5 Å². The number of hydrogen-bond acceptors (Lipinski definition) is 3. The molecule has 0 radical (unpaired) electrons. The zero-order valence-electron chi connectivity index (χ0n) is 12.8.